The molecule has 16 rings (SSSR count). The van der Waals surface area contributed by atoms with Crippen molar-refractivity contribution in [2.45, 2.75) is 255 Å². The van der Waals surface area contributed by atoms with Crippen molar-refractivity contribution in [3.63, 3.8) is 0 Å². The van der Waals surface area contributed by atoms with Crippen molar-refractivity contribution in [2.75, 3.05) is 0 Å². The maximum atomic E-state index is 2.66. The summed E-state index contributed by atoms with van der Waals surface area (Å²) in [6.07, 6.45) is 38.9. The third kappa shape index (κ3) is 13.0. The Bertz CT molecular complexity index is 4250. The highest BCUT2D eigenvalue weighted by atomic mass is 28.3. The molecule has 3 saturated heterocycles. The molecule has 6 aromatic carbocycles. The molecule has 4 saturated carbocycles. The highest BCUT2D eigenvalue weighted by molar-refractivity contribution is 6.94. The molecule has 0 atom stereocenters. The number of aryl methyl sites for hydroxylation is 5. The lowest BCUT2D eigenvalue weighted by Crippen LogP contribution is -2.50. The fourth-order valence-corrected chi connectivity index (χ4v) is 28.1. The van der Waals surface area contributed by atoms with E-state index in [1.807, 2.05) is 0 Å². The lowest BCUT2D eigenvalue weighted by Gasteiger charge is -2.36. The fraction of sp³-hybridized carbons (Fsp3) is 0.489. The monoisotopic (exact) mass is 1300 g/mol. The Morgan fingerprint density at radius 3 is 1.02 bits per heavy atom. The zero-order chi connectivity index (χ0) is 64.9. The number of benzene rings is 6. The van der Waals surface area contributed by atoms with Gasteiger partial charge in [0.15, 0.2) is 18.6 Å². The van der Waals surface area contributed by atoms with Gasteiger partial charge in [0.05, 0.1) is 51.5 Å². The van der Waals surface area contributed by atoms with Crippen LogP contribution in [0.4, 0.5) is 0 Å². The fourth-order valence-electron chi connectivity index (χ4n) is 19.1. The molecule has 4 aliphatic carbocycles. The van der Waals surface area contributed by atoms with Crippen molar-refractivity contribution in [3.8, 4) is 33.8 Å². The third-order valence-electron chi connectivity index (χ3n) is 26.3. The predicted octanol–water partition coefficient (Wildman–Crippen LogP) is 21.5. The topological polar surface area (TPSA) is 11.6 Å². The van der Waals surface area contributed by atoms with Crippen LogP contribution in [0, 0.1) is 27.7 Å². The SMILES string of the molecule is Cc1c(-c2c3ccc([Si]4(C)CCC4)cc3cc[n+]2C)cc(C2CCCCC2)cc1C1CCCCC1.Cc1cc(C2CCCCC2)cc(-c2c3ccc([Si]4(C)CCC4)cc3cc[n+]2C)c1C.Cc1ccc(C2CCCCC2)cc1-c1c2ccc([Si]3(C)CCC3)cc2cc[n+]1C. The first kappa shape index (κ1) is 65.5. The van der Waals surface area contributed by atoms with Gasteiger partial charge in [0.2, 0.25) is 17.1 Å². The number of rotatable bonds is 10. The van der Waals surface area contributed by atoms with E-state index in [0.717, 1.165) is 23.7 Å². The van der Waals surface area contributed by atoms with Gasteiger partial charge in [-0.15, -0.1) is 0 Å². The molecule has 9 aromatic rings. The van der Waals surface area contributed by atoms with Crippen molar-refractivity contribution >= 4 is 72.1 Å². The Labute approximate surface area is 570 Å². The molecule has 0 spiro atoms. The normalized spacial score (nSPS) is 19.9. The number of aromatic nitrogens is 3. The second-order valence-corrected chi connectivity index (χ2v) is 46.8. The van der Waals surface area contributed by atoms with E-state index in [-0.39, 0.29) is 0 Å². The smallest absolute Gasteiger partial charge is 0.200 e. The summed E-state index contributed by atoms with van der Waals surface area (Å²) in [5.41, 5.74) is 20.8. The zero-order valence-electron chi connectivity index (χ0n) is 59.9. The van der Waals surface area contributed by atoms with Gasteiger partial charge in [-0.05, 0) is 200 Å². The molecular weight excluding hydrogens is 1180 g/mol. The third-order valence-corrected chi connectivity index (χ3v) is 40.2. The highest BCUT2D eigenvalue weighted by Gasteiger charge is 2.39. The van der Waals surface area contributed by atoms with E-state index in [4.69, 9.17) is 0 Å². The minimum Gasteiger partial charge on any atom is -0.200 e. The van der Waals surface area contributed by atoms with E-state index >= 15 is 0 Å². The van der Waals surface area contributed by atoms with Crippen LogP contribution in [0.15, 0.2) is 134 Å². The average molecular weight is 1300 g/mol. The van der Waals surface area contributed by atoms with Gasteiger partial charge in [0.1, 0.15) is 21.1 Å². The largest absolute Gasteiger partial charge is 0.220 e. The van der Waals surface area contributed by atoms with Crippen LogP contribution in [0.1, 0.15) is 216 Å². The molecule has 0 radical (unpaired) electrons. The van der Waals surface area contributed by atoms with Crippen molar-refractivity contribution in [3.05, 3.63) is 178 Å². The molecule has 490 valence electrons. The van der Waals surface area contributed by atoms with Crippen molar-refractivity contribution in [1.29, 1.82) is 0 Å². The van der Waals surface area contributed by atoms with Gasteiger partial charge in [-0.3, -0.25) is 0 Å². The number of nitrogens with zero attached hydrogens (tertiary/aromatic N) is 3. The van der Waals surface area contributed by atoms with Crippen LogP contribution in [0.2, 0.25) is 55.9 Å². The number of hydrogen-bond acceptors (Lipinski definition) is 0. The van der Waals surface area contributed by atoms with Crippen molar-refractivity contribution in [2.24, 2.45) is 21.1 Å². The Kier molecular flexibility index (Phi) is 19.2. The summed E-state index contributed by atoms with van der Waals surface area (Å²) in [7, 11) is 3.19. The second kappa shape index (κ2) is 27.6. The van der Waals surface area contributed by atoms with Gasteiger partial charge >= 0.3 is 0 Å². The summed E-state index contributed by atoms with van der Waals surface area (Å²) in [6.45, 7) is 17.1. The Hall–Kier alpha value is -5.80. The summed E-state index contributed by atoms with van der Waals surface area (Å²) in [5.74, 6) is 3.00. The minimum atomic E-state index is -1.18. The van der Waals surface area contributed by atoms with E-state index in [1.165, 1.54) is 267 Å². The molecule has 7 aliphatic rings. The van der Waals surface area contributed by atoms with E-state index in [1.54, 1.807) is 43.4 Å². The summed E-state index contributed by atoms with van der Waals surface area (Å²) < 4.78 is 7.08. The van der Waals surface area contributed by atoms with Crippen LogP contribution in [0.5, 0.6) is 0 Å². The van der Waals surface area contributed by atoms with Crippen LogP contribution < -0.4 is 29.3 Å². The van der Waals surface area contributed by atoms with Gasteiger partial charge in [0, 0.05) is 23.8 Å². The molecule has 6 heterocycles. The molecule has 94 heavy (non-hydrogen) atoms. The first-order chi connectivity index (χ1) is 45.5. The van der Waals surface area contributed by atoms with Gasteiger partial charge in [-0.2, -0.15) is 0 Å². The zero-order valence-corrected chi connectivity index (χ0v) is 62.9. The molecule has 0 amide bonds. The molecule has 0 bridgehead atoms. The van der Waals surface area contributed by atoms with E-state index in [2.05, 4.69) is 216 Å². The van der Waals surface area contributed by atoms with E-state index in [0.29, 0.717) is 0 Å². The standard InChI is InChI=1S/C33H44NSi.C28H36NSi.C27H34NSi/c1-24-31(26-13-8-5-9-14-26)22-28(25-11-6-4-7-12-25)23-32(24)33-30-16-15-29(35(3)19-10-20-35)21-27(30)17-18-34(33)2;1-20-17-24(22-9-6-5-7-10-22)19-27(21(20)2)28-26-12-11-25(30(4)15-8-16-30)18-23(26)13-14-29(28)3;1-20-10-11-22(21-8-5-4-6-9-21)19-26(20)27-25-13-12-24(29(3)16-7-17-29)18-23(25)14-15-28(27)2/h15-18,21-23,25-26H,4-14,19-20H2,1-3H3;11-14,17-19,22H,5-10,15-16H2,1-4H3;10-15,18-19,21H,4-9,16-17H2,1-3H3/q3*+1. The highest BCUT2D eigenvalue weighted by Crippen LogP contribution is 2.45. The molecule has 6 heteroatoms. The first-order valence-electron chi connectivity index (χ1n) is 38.2. The molecule has 3 nitrogen and oxygen atoms in total. The number of pyridine rings is 3. The predicted molar refractivity (Wildman–Crippen MR) is 410 cm³/mol. The summed E-state index contributed by atoms with van der Waals surface area (Å²) in [6, 6.07) is 55.7. The van der Waals surface area contributed by atoms with Crippen LogP contribution in [0.25, 0.3) is 66.1 Å². The van der Waals surface area contributed by atoms with Gasteiger partial charge in [0.25, 0.3) is 0 Å². The van der Waals surface area contributed by atoms with Gasteiger partial charge in [-0.1, -0.05) is 228 Å². The Morgan fingerprint density at radius 2 is 0.638 bits per heavy atom. The van der Waals surface area contributed by atoms with Crippen LogP contribution in [-0.2, 0) is 21.1 Å². The summed E-state index contributed by atoms with van der Waals surface area (Å²) >= 11 is 0. The second-order valence-electron chi connectivity index (χ2n) is 32.7. The molecule has 3 aliphatic heterocycles. The maximum absolute atomic E-state index is 2.66. The number of hydrogen-bond donors (Lipinski definition) is 0. The maximum Gasteiger partial charge on any atom is 0.220 e. The van der Waals surface area contributed by atoms with E-state index < -0.39 is 24.2 Å². The molecular formula is C88H114N3Si3+3. The average Bonchev–Trinajstić information content (AvgIpc) is 0.902. The quantitative estimate of drug-likeness (QED) is 0.0955. The molecule has 7 fully saturated rings. The Morgan fingerprint density at radius 1 is 0.298 bits per heavy atom. The van der Waals surface area contributed by atoms with Gasteiger partial charge in [-0.25, -0.2) is 13.7 Å². The van der Waals surface area contributed by atoms with Crippen LogP contribution in [-0.4, -0.2) is 24.2 Å². The lowest BCUT2D eigenvalue weighted by molar-refractivity contribution is -0.659. The molecule has 0 N–H and O–H groups in total. The molecule has 3 aromatic heterocycles. The van der Waals surface area contributed by atoms with Crippen molar-refractivity contribution < 1.29 is 13.7 Å². The first-order valence-corrected chi connectivity index (χ1v) is 46.9. The van der Waals surface area contributed by atoms with Crippen LogP contribution >= 0.6 is 0 Å². The molecule has 0 unspecified atom stereocenters. The number of fused-ring (bicyclic) bond motifs is 3. The summed E-state index contributed by atoms with van der Waals surface area (Å²) in [4.78, 5) is 0. The van der Waals surface area contributed by atoms with E-state index in [9.17, 15) is 0 Å². The van der Waals surface area contributed by atoms with Crippen molar-refractivity contribution in [1.82, 2.24) is 0 Å². The van der Waals surface area contributed by atoms with Crippen LogP contribution in [0.3, 0.4) is 0 Å². The Balaban J connectivity index is 0.000000122. The minimum absolute atomic E-state index is 0.744. The summed E-state index contributed by atoms with van der Waals surface area (Å²) in [5, 5.41) is 13.5. The van der Waals surface area contributed by atoms with Gasteiger partial charge < -0.3 is 0 Å². The lowest BCUT2D eigenvalue weighted by atomic mass is 9.76.